The maximum Gasteiger partial charge on any atom is 0.306 e. The van der Waals surface area contributed by atoms with Crippen molar-refractivity contribution in [3.8, 4) is 0 Å². The number of rotatable bonds is 20. The second kappa shape index (κ2) is 18.9. The molecule has 0 aromatic heterocycles. The number of hydrogen-bond acceptors (Lipinski definition) is 2. The molecule has 0 N–H and O–H groups in total. The van der Waals surface area contributed by atoms with Gasteiger partial charge in [0.2, 0.25) is 0 Å². The summed E-state index contributed by atoms with van der Waals surface area (Å²) in [5.74, 6) is -0.0558. The first kappa shape index (κ1) is 30.7. The largest absolute Gasteiger partial charge is 0.466 e. The highest BCUT2D eigenvalue weighted by molar-refractivity contribution is 5.69. The van der Waals surface area contributed by atoms with E-state index < -0.39 is 0 Å². The summed E-state index contributed by atoms with van der Waals surface area (Å²) in [5.41, 5.74) is 3.98. The molecule has 0 aliphatic rings. The van der Waals surface area contributed by atoms with Crippen LogP contribution in [-0.4, -0.2) is 12.6 Å². The van der Waals surface area contributed by atoms with Gasteiger partial charge in [0.15, 0.2) is 0 Å². The Balaban J connectivity index is 1.93. The highest BCUT2D eigenvalue weighted by Gasteiger charge is 2.15. The van der Waals surface area contributed by atoms with Crippen molar-refractivity contribution >= 4 is 5.97 Å². The van der Waals surface area contributed by atoms with Crippen molar-refractivity contribution in [2.75, 3.05) is 6.61 Å². The van der Waals surface area contributed by atoms with Crippen molar-refractivity contribution < 1.29 is 9.53 Å². The summed E-state index contributed by atoms with van der Waals surface area (Å²) in [6, 6.07) is 6.69. The maximum absolute atomic E-state index is 12.1. The quantitative estimate of drug-likeness (QED) is 0.139. The predicted molar refractivity (Wildman–Crippen MR) is 149 cm³/mol. The van der Waals surface area contributed by atoms with Gasteiger partial charge in [-0.2, -0.15) is 0 Å². The van der Waals surface area contributed by atoms with Crippen molar-refractivity contribution in [1.29, 1.82) is 0 Å². The summed E-state index contributed by atoms with van der Waals surface area (Å²) in [6.45, 7) is 11.7. The van der Waals surface area contributed by atoms with Crippen LogP contribution in [-0.2, 0) is 21.4 Å². The molecule has 0 saturated heterocycles. The number of ether oxygens (including phenoxy) is 1. The van der Waals surface area contributed by atoms with E-state index in [1.165, 1.54) is 113 Å². The van der Waals surface area contributed by atoms with Crippen LogP contribution in [0.2, 0.25) is 0 Å². The SMILES string of the molecule is CCCCCCCCCCCCCCCCCCOC(=O)CCc1cc(C)cc(C(C)(C)C)c1. The van der Waals surface area contributed by atoms with Crippen molar-refractivity contribution in [1.82, 2.24) is 0 Å². The lowest BCUT2D eigenvalue weighted by atomic mass is 9.84. The van der Waals surface area contributed by atoms with Gasteiger partial charge in [-0.25, -0.2) is 0 Å². The molecule has 1 rings (SSSR count). The zero-order valence-electron chi connectivity index (χ0n) is 23.5. The fourth-order valence-corrected chi connectivity index (χ4v) is 4.59. The van der Waals surface area contributed by atoms with Crippen LogP contribution in [0.3, 0.4) is 0 Å². The monoisotopic (exact) mass is 472 g/mol. The molecular weight excluding hydrogens is 416 g/mol. The Morgan fingerprint density at radius 2 is 1.18 bits per heavy atom. The van der Waals surface area contributed by atoms with Gasteiger partial charge >= 0.3 is 5.97 Å². The van der Waals surface area contributed by atoms with E-state index in [1.807, 2.05) is 0 Å². The number of carbonyl (C=O) groups is 1. The molecule has 0 radical (unpaired) electrons. The van der Waals surface area contributed by atoms with E-state index in [4.69, 9.17) is 4.74 Å². The van der Waals surface area contributed by atoms with Gasteiger partial charge in [-0.15, -0.1) is 0 Å². The van der Waals surface area contributed by atoms with Gasteiger partial charge in [0, 0.05) is 6.42 Å². The van der Waals surface area contributed by atoms with Crippen molar-refractivity contribution in [3.05, 3.63) is 34.9 Å². The van der Waals surface area contributed by atoms with Crippen molar-refractivity contribution in [2.45, 2.75) is 156 Å². The third-order valence-corrected chi connectivity index (χ3v) is 6.88. The van der Waals surface area contributed by atoms with Crippen LogP contribution in [0.5, 0.6) is 0 Å². The third-order valence-electron chi connectivity index (χ3n) is 6.88. The van der Waals surface area contributed by atoms with E-state index in [0.717, 1.165) is 12.8 Å². The van der Waals surface area contributed by atoms with E-state index in [0.29, 0.717) is 13.0 Å². The Hall–Kier alpha value is -1.31. The van der Waals surface area contributed by atoms with Gasteiger partial charge in [0.1, 0.15) is 0 Å². The first-order chi connectivity index (χ1) is 16.3. The Labute approximate surface area is 212 Å². The summed E-state index contributed by atoms with van der Waals surface area (Å²) < 4.78 is 5.47. The molecule has 1 aromatic carbocycles. The molecule has 0 amide bonds. The second-order valence-electron chi connectivity index (χ2n) is 11.5. The topological polar surface area (TPSA) is 26.3 Å². The first-order valence-corrected chi connectivity index (χ1v) is 14.6. The molecule has 196 valence electrons. The molecule has 0 atom stereocenters. The number of carbonyl (C=O) groups excluding carboxylic acids is 1. The molecule has 0 spiro atoms. The van der Waals surface area contributed by atoms with Gasteiger partial charge in [-0.05, 0) is 36.3 Å². The Morgan fingerprint density at radius 1 is 0.706 bits per heavy atom. The predicted octanol–water partition coefficient (Wildman–Crippen LogP) is 10.0. The van der Waals surface area contributed by atoms with Crippen LogP contribution in [0.4, 0.5) is 0 Å². The zero-order valence-corrected chi connectivity index (χ0v) is 23.5. The summed E-state index contributed by atoms with van der Waals surface area (Å²) in [5, 5.41) is 0. The van der Waals surface area contributed by atoms with E-state index >= 15 is 0 Å². The number of benzene rings is 1. The average Bonchev–Trinajstić information content (AvgIpc) is 2.79. The summed E-state index contributed by atoms with van der Waals surface area (Å²) in [7, 11) is 0. The molecule has 0 aliphatic carbocycles. The lowest BCUT2D eigenvalue weighted by Crippen LogP contribution is -2.12. The van der Waals surface area contributed by atoms with Gasteiger partial charge in [0.25, 0.3) is 0 Å². The molecule has 0 unspecified atom stereocenters. The fourth-order valence-electron chi connectivity index (χ4n) is 4.59. The fraction of sp³-hybridized carbons (Fsp3) is 0.781. The minimum absolute atomic E-state index is 0.0558. The van der Waals surface area contributed by atoms with Gasteiger partial charge < -0.3 is 4.74 Å². The molecule has 2 heteroatoms. The molecule has 0 aliphatic heterocycles. The van der Waals surface area contributed by atoms with Crippen LogP contribution in [0.25, 0.3) is 0 Å². The maximum atomic E-state index is 12.1. The number of esters is 1. The minimum Gasteiger partial charge on any atom is -0.466 e. The Bertz CT molecular complexity index is 641. The second-order valence-corrected chi connectivity index (χ2v) is 11.5. The first-order valence-electron chi connectivity index (χ1n) is 14.6. The van der Waals surface area contributed by atoms with Crippen LogP contribution in [0.1, 0.15) is 154 Å². The molecule has 0 bridgehead atoms. The number of unbranched alkanes of at least 4 members (excludes halogenated alkanes) is 15. The van der Waals surface area contributed by atoms with Gasteiger partial charge in [-0.3, -0.25) is 4.79 Å². The molecule has 0 heterocycles. The van der Waals surface area contributed by atoms with Gasteiger partial charge in [0.05, 0.1) is 6.61 Å². The lowest BCUT2D eigenvalue weighted by Gasteiger charge is -2.20. The average molecular weight is 473 g/mol. The lowest BCUT2D eigenvalue weighted by molar-refractivity contribution is -0.143. The zero-order chi connectivity index (χ0) is 25.1. The van der Waals surface area contributed by atoms with Crippen LogP contribution in [0.15, 0.2) is 18.2 Å². The van der Waals surface area contributed by atoms with Crippen LogP contribution < -0.4 is 0 Å². The highest BCUT2D eigenvalue weighted by atomic mass is 16.5. The Morgan fingerprint density at radius 3 is 1.65 bits per heavy atom. The minimum atomic E-state index is -0.0558. The van der Waals surface area contributed by atoms with E-state index in [2.05, 4.69) is 52.8 Å². The number of hydrogen-bond donors (Lipinski definition) is 0. The van der Waals surface area contributed by atoms with Gasteiger partial charge in [-0.1, -0.05) is 148 Å². The van der Waals surface area contributed by atoms with Crippen molar-refractivity contribution in [2.24, 2.45) is 0 Å². The molecule has 0 fully saturated rings. The van der Waals surface area contributed by atoms with Crippen LogP contribution >= 0.6 is 0 Å². The standard InChI is InChI=1S/C32H56O2/c1-6-7-8-9-10-11-12-13-14-15-16-17-18-19-20-21-24-34-31(33)23-22-29-25-28(2)26-30(27-29)32(3,4)5/h25-27H,6-24H2,1-5H3. The van der Waals surface area contributed by atoms with E-state index in [9.17, 15) is 4.79 Å². The molecular formula is C32H56O2. The summed E-state index contributed by atoms with van der Waals surface area (Å²) in [6.07, 6.45) is 23.0. The smallest absolute Gasteiger partial charge is 0.306 e. The molecule has 34 heavy (non-hydrogen) atoms. The van der Waals surface area contributed by atoms with E-state index in [-0.39, 0.29) is 11.4 Å². The third kappa shape index (κ3) is 16.3. The van der Waals surface area contributed by atoms with E-state index in [1.54, 1.807) is 0 Å². The highest BCUT2D eigenvalue weighted by Crippen LogP contribution is 2.25. The summed E-state index contributed by atoms with van der Waals surface area (Å²) >= 11 is 0. The van der Waals surface area contributed by atoms with Crippen molar-refractivity contribution in [3.63, 3.8) is 0 Å². The Kier molecular flexibility index (Phi) is 17.1. The molecule has 2 nitrogen and oxygen atoms in total. The molecule has 0 saturated carbocycles. The summed E-state index contributed by atoms with van der Waals surface area (Å²) in [4.78, 5) is 12.1. The molecule has 1 aromatic rings. The van der Waals surface area contributed by atoms with Crippen LogP contribution in [0, 0.1) is 6.92 Å². The normalized spacial score (nSPS) is 11.7. The number of aryl methyl sites for hydroxylation is 2.